The molecule has 0 bridgehead atoms. The number of nitrogens with zero attached hydrogens (tertiary/aromatic N) is 1. The molecule has 29 heavy (non-hydrogen) atoms. The Kier molecular flexibility index (Phi) is 8.11. The van der Waals surface area contributed by atoms with Gasteiger partial charge in [0.05, 0.1) is 23.6 Å². The molecule has 0 atom stereocenters. The van der Waals surface area contributed by atoms with Gasteiger partial charge in [-0.25, -0.2) is 23.3 Å². The average molecular weight is 441 g/mol. The van der Waals surface area contributed by atoms with Crippen molar-refractivity contribution in [2.45, 2.75) is 31.6 Å². The first-order valence-corrected chi connectivity index (χ1v) is 11.3. The Morgan fingerprint density at radius 2 is 1.93 bits per heavy atom. The fraction of sp³-hybridized carbons (Fsp3) is 0.389. The number of anilines is 1. The molecular formula is C18H24N4O5S2. The maximum Gasteiger partial charge on any atom is 0.413 e. The molecule has 0 aliphatic carbocycles. The van der Waals surface area contributed by atoms with Gasteiger partial charge in [0.2, 0.25) is 15.9 Å². The normalized spacial score (nSPS) is 11.3. The molecule has 0 aliphatic rings. The molecule has 0 saturated carbocycles. The van der Waals surface area contributed by atoms with E-state index in [1.165, 1.54) is 23.5 Å². The van der Waals surface area contributed by atoms with E-state index in [1.54, 1.807) is 17.5 Å². The van der Waals surface area contributed by atoms with Crippen LogP contribution in [0.5, 0.6) is 0 Å². The molecule has 0 aliphatic heterocycles. The van der Waals surface area contributed by atoms with Crippen molar-refractivity contribution in [2.75, 3.05) is 18.5 Å². The van der Waals surface area contributed by atoms with Gasteiger partial charge >= 0.3 is 6.09 Å². The molecule has 158 valence electrons. The summed E-state index contributed by atoms with van der Waals surface area (Å²) in [7, 11) is -3.71. The third-order valence-electron chi connectivity index (χ3n) is 3.64. The Balaban J connectivity index is 1.74. The molecule has 0 spiro atoms. The molecule has 2 aromatic rings. The Morgan fingerprint density at radius 3 is 2.55 bits per heavy atom. The van der Waals surface area contributed by atoms with E-state index in [9.17, 15) is 18.0 Å². The first kappa shape index (κ1) is 22.8. The van der Waals surface area contributed by atoms with Crippen LogP contribution in [0.25, 0.3) is 0 Å². The number of hydrogen-bond acceptors (Lipinski definition) is 7. The van der Waals surface area contributed by atoms with E-state index in [-0.39, 0.29) is 23.1 Å². The Labute approximate surface area is 173 Å². The van der Waals surface area contributed by atoms with E-state index in [0.717, 1.165) is 5.56 Å². The van der Waals surface area contributed by atoms with Gasteiger partial charge in [0.25, 0.3) is 0 Å². The van der Waals surface area contributed by atoms with Crippen LogP contribution in [0.2, 0.25) is 0 Å². The summed E-state index contributed by atoms with van der Waals surface area (Å²) in [5.41, 5.74) is 1.42. The third-order valence-corrected chi connectivity index (χ3v) is 5.37. The highest BCUT2D eigenvalue weighted by atomic mass is 32.2. The largest absolute Gasteiger partial charge is 0.449 e. The van der Waals surface area contributed by atoms with Gasteiger partial charge in [0.15, 0.2) is 5.13 Å². The van der Waals surface area contributed by atoms with Crippen molar-refractivity contribution in [1.29, 1.82) is 0 Å². The van der Waals surface area contributed by atoms with Crippen LogP contribution in [0.15, 0.2) is 34.5 Å². The zero-order valence-electron chi connectivity index (χ0n) is 16.2. The fourth-order valence-electron chi connectivity index (χ4n) is 2.23. The van der Waals surface area contributed by atoms with Crippen LogP contribution in [0.1, 0.15) is 25.1 Å². The molecule has 11 heteroatoms. The number of sulfonamides is 1. The Hall–Kier alpha value is -2.50. The number of ether oxygens (including phenoxy) is 1. The number of primary sulfonamides is 1. The van der Waals surface area contributed by atoms with Crippen molar-refractivity contribution >= 4 is 38.5 Å². The van der Waals surface area contributed by atoms with Crippen LogP contribution in [0.3, 0.4) is 0 Å². The summed E-state index contributed by atoms with van der Waals surface area (Å²) in [5.74, 6) is 0.0355. The van der Waals surface area contributed by atoms with Crippen molar-refractivity contribution in [3.05, 3.63) is 40.9 Å². The van der Waals surface area contributed by atoms with E-state index in [1.807, 2.05) is 13.8 Å². The lowest BCUT2D eigenvalue weighted by Crippen LogP contribution is -2.27. The predicted molar refractivity (Wildman–Crippen MR) is 110 cm³/mol. The summed E-state index contributed by atoms with van der Waals surface area (Å²) in [6.45, 7) is 4.58. The second kappa shape index (κ2) is 10.3. The standard InChI is InChI=1S/C18H24N4O5S2/c1-12(2)10-27-18(24)22-17-21-14(11-28-17)9-16(23)20-8-7-13-3-5-15(6-4-13)29(19,25)26/h3-6,11-12H,7-10H2,1-2H3,(H,20,23)(H2,19,25,26)(H,21,22,24). The Bertz CT molecular complexity index is 939. The van der Waals surface area contributed by atoms with Gasteiger partial charge in [-0.05, 0) is 30.0 Å². The van der Waals surface area contributed by atoms with Gasteiger partial charge in [-0.15, -0.1) is 11.3 Å². The van der Waals surface area contributed by atoms with E-state index in [2.05, 4.69) is 15.6 Å². The molecule has 0 radical (unpaired) electrons. The topological polar surface area (TPSA) is 140 Å². The van der Waals surface area contributed by atoms with Crippen molar-refractivity contribution < 1.29 is 22.7 Å². The van der Waals surface area contributed by atoms with Gasteiger partial charge < -0.3 is 10.1 Å². The molecular weight excluding hydrogens is 416 g/mol. The number of carbonyl (C=O) groups is 2. The molecule has 2 amide bonds. The quantitative estimate of drug-likeness (QED) is 0.544. The van der Waals surface area contributed by atoms with Crippen LogP contribution in [0, 0.1) is 5.92 Å². The summed E-state index contributed by atoms with van der Waals surface area (Å²) in [4.78, 5) is 27.9. The molecule has 1 aromatic carbocycles. The minimum atomic E-state index is -3.71. The fourth-order valence-corrected chi connectivity index (χ4v) is 3.44. The van der Waals surface area contributed by atoms with E-state index in [4.69, 9.17) is 9.88 Å². The van der Waals surface area contributed by atoms with Crippen LogP contribution in [-0.2, 0) is 32.4 Å². The maximum atomic E-state index is 12.0. The van der Waals surface area contributed by atoms with Gasteiger partial charge in [0, 0.05) is 11.9 Å². The van der Waals surface area contributed by atoms with Crippen LogP contribution >= 0.6 is 11.3 Å². The lowest BCUT2D eigenvalue weighted by atomic mass is 10.1. The van der Waals surface area contributed by atoms with Gasteiger partial charge in [-0.2, -0.15) is 0 Å². The summed E-state index contributed by atoms with van der Waals surface area (Å²) < 4.78 is 27.5. The summed E-state index contributed by atoms with van der Waals surface area (Å²) >= 11 is 1.22. The number of amides is 2. The zero-order valence-corrected chi connectivity index (χ0v) is 17.8. The van der Waals surface area contributed by atoms with E-state index < -0.39 is 16.1 Å². The van der Waals surface area contributed by atoms with Crippen LogP contribution in [0.4, 0.5) is 9.93 Å². The van der Waals surface area contributed by atoms with E-state index >= 15 is 0 Å². The maximum absolute atomic E-state index is 12.0. The van der Waals surface area contributed by atoms with E-state index in [0.29, 0.717) is 30.4 Å². The van der Waals surface area contributed by atoms with Crippen molar-refractivity contribution in [3.8, 4) is 0 Å². The number of nitrogens with one attached hydrogen (secondary N) is 2. The van der Waals surface area contributed by atoms with Crippen LogP contribution < -0.4 is 15.8 Å². The second-order valence-electron chi connectivity index (χ2n) is 6.73. The lowest BCUT2D eigenvalue weighted by Gasteiger charge is -2.06. The highest BCUT2D eigenvalue weighted by molar-refractivity contribution is 7.89. The Morgan fingerprint density at radius 1 is 1.24 bits per heavy atom. The minimum absolute atomic E-state index is 0.0475. The molecule has 2 rings (SSSR count). The summed E-state index contributed by atoms with van der Waals surface area (Å²) in [6.07, 6.45) is 0.0590. The average Bonchev–Trinajstić information content (AvgIpc) is 3.06. The highest BCUT2D eigenvalue weighted by Gasteiger charge is 2.11. The first-order chi connectivity index (χ1) is 13.6. The first-order valence-electron chi connectivity index (χ1n) is 8.90. The number of rotatable bonds is 9. The SMILES string of the molecule is CC(C)COC(=O)Nc1nc(CC(=O)NCCc2ccc(S(N)(=O)=O)cc2)cs1. The third kappa shape index (κ3) is 8.18. The molecule has 0 fully saturated rings. The second-order valence-corrected chi connectivity index (χ2v) is 9.15. The lowest BCUT2D eigenvalue weighted by molar-refractivity contribution is -0.120. The molecule has 4 N–H and O–H groups in total. The van der Waals surface area contributed by atoms with Gasteiger partial charge in [0.1, 0.15) is 0 Å². The zero-order chi connectivity index (χ0) is 21.4. The molecule has 0 saturated heterocycles. The number of carbonyl (C=O) groups excluding carboxylic acids is 2. The summed E-state index contributed by atoms with van der Waals surface area (Å²) in [5, 5.41) is 12.4. The minimum Gasteiger partial charge on any atom is -0.449 e. The smallest absolute Gasteiger partial charge is 0.413 e. The van der Waals surface area contributed by atoms with Crippen LogP contribution in [-0.4, -0.2) is 38.6 Å². The monoisotopic (exact) mass is 440 g/mol. The number of thiazole rings is 1. The number of benzene rings is 1. The number of aromatic nitrogens is 1. The van der Waals surface area contributed by atoms with Crippen molar-refractivity contribution in [2.24, 2.45) is 11.1 Å². The molecule has 0 unspecified atom stereocenters. The molecule has 1 heterocycles. The number of nitrogens with two attached hydrogens (primary N) is 1. The van der Waals surface area contributed by atoms with Crippen molar-refractivity contribution in [1.82, 2.24) is 10.3 Å². The predicted octanol–water partition coefficient (Wildman–Crippen LogP) is 1.90. The van der Waals surface area contributed by atoms with Gasteiger partial charge in [-0.3, -0.25) is 10.1 Å². The molecule has 9 nitrogen and oxygen atoms in total. The summed E-state index contributed by atoms with van der Waals surface area (Å²) in [6, 6.07) is 6.18. The van der Waals surface area contributed by atoms with Crippen molar-refractivity contribution in [3.63, 3.8) is 0 Å². The van der Waals surface area contributed by atoms with Gasteiger partial charge in [-0.1, -0.05) is 26.0 Å². The molecule has 1 aromatic heterocycles. The highest BCUT2D eigenvalue weighted by Crippen LogP contribution is 2.16. The number of hydrogen-bond donors (Lipinski definition) is 3.